The Bertz CT molecular complexity index is 786. The lowest BCUT2D eigenvalue weighted by Gasteiger charge is -2.52. The summed E-state index contributed by atoms with van der Waals surface area (Å²) in [5.74, 6) is 1.77. The number of carbonyl (C=O) groups is 1. The third kappa shape index (κ3) is 1.39. The van der Waals surface area contributed by atoms with Gasteiger partial charge in [-0.15, -0.1) is 0 Å². The first-order valence-corrected chi connectivity index (χ1v) is 8.90. The van der Waals surface area contributed by atoms with E-state index in [2.05, 4.69) is 35.8 Å². The van der Waals surface area contributed by atoms with Gasteiger partial charge in [0.15, 0.2) is 0 Å². The maximum Gasteiger partial charge on any atom is 0.231 e. The molecule has 2 nitrogen and oxygen atoms in total. The Morgan fingerprint density at radius 2 is 2.14 bits per heavy atom. The van der Waals surface area contributed by atoms with Crippen molar-refractivity contribution < 1.29 is 4.79 Å². The van der Waals surface area contributed by atoms with E-state index in [1.807, 2.05) is 0 Å². The first kappa shape index (κ1) is 12.9. The van der Waals surface area contributed by atoms with Gasteiger partial charge in [-0.1, -0.05) is 31.5 Å². The van der Waals surface area contributed by atoms with Crippen LogP contribution in [0, 0.1) is 11.3 Å². The molecule has 2 aromatic rings. The molecule has 1 saturated carbocycles. The van der Waals surface area contributed by atoms with E-state index in [4.69, 9.17) is 0 Å². The minimum atomic E-state index is 0.250. The largest absolute Gasteiger partial charge is 0.284 e. The normalized spacial score (nSPS) is 33.0. The van der Waals surface area contributed by atoms with Gasteiger partial charge in [0, 0.05) is 23.4 Å². The van der Waals surface area contributed by atoms with E-state index in [-0.39, 0.29) is 5.41 Å². The first-order chi connectivity index (χ1) is 10.7. The molecule has 0 N–H and O–H groups in total. The number of hydrogen-bond donors (Lipinski definition) is 0. The van der Waals surface area contributed by atoms with Crippen LogP contribution in [-0.4, -0.2) is 10.5 Å². The van der Waals surface area contributed by atoms with Crippen LogP contribution < -0.4 is 0 Å². The molecule has 0 radical (unpaired) electrons. The number of carbonyl (C=O) groups excluding carboxylic acids is 1. The van der Waals surface area contributed by atoms with Crippen molar-refractivity contribution in [3.8, 4) is 0 Å². The van der Waals surface area contributed by atoms with Crippen molar-refractivity contribution in [3.63, 3.8) is 0 Å². The van der Waals surface area contributed by atoms with E-state index in [1.165, 1.54) is 42.3 Å². The second kappa shape index (κ2) is 4.24. The molecule has 0 saturated heterocycles. The fourth-order valence-electron chi connectivity index (χ4n) is 5.98. The number of hydrogen-bond acceptors (Lipinski definition) is 1. The molecule has 1 aromatic carbocycles. The quantitative estimate of drug-likeness (QED) is 0.732. The predicted molar refractivity (Wildman–Crippen MR) is 88.3 cm³/mol. The zero-order valence-electron chi connectivity index (χ0n) is 13.3. The molecular weight excluding hydrogens is 270 g/mol. The van der Waals surface area contributed by atoms with Crippen LogP contribution in [0.5, 0.6) is 0 Å². The summed E-state index contributed by atoms with van der Waals surface area (Å²) >= 11 is 0. The van der Waals surface area contributed by atoms with E-state index in [9.17, 15) is 4.79 Å². The lowest BCUT2D eigenvalue weighted by molar-refractivity contribution is 0.0378. The molecule has 0 spiro atoms. The van der Waals surface area contributed by atoms with E-state index in [0.717, 1.165) is 30.7 Å². The zero-order chi connectivity index (χ0) is 14.9. The standard InChI is InChI=1S/C20H23NO/c1-2-20-11-5-6-13-9-10-15-14-7-3-4-8-16(14)21(17(22)12-20)19(15)18(13)20/h3-4,7-8,13,18H,2,5-6,9-12H2,1H3/t13-,18-,20+/m0/s1. The summed E-state index contributed by atoms with van der Waals surface area (Å²) in [6.07, 6.45) is 8.33. The monoisotopic (exact) mass is 293 g/mol. The highest BCUT2D eigenvalue weighted by molar-refractivity contribution is 5.97. The summed E-state index contributed by atoms with van der Waals surface area (Å²) < 4.78 is 2.11. The van der Waals surface area contributed by atoms with Crippen LogP contribution in [0.3, 0.4) is 0 Å². The number of aryl methyl sites for hydroxylation is 1. The topological polar surface area (TPSA) is 22.0 Å². The molecule has 0 amide bonds. The average Bonchev–Trinajstić information content (AvgIpc) is 2.89. The van der Waals surface area contributed by atoms with Gasteiger partial charge in [0.05, 0.1) is 5.52 Å². The second-order valence-electron chi connectivity index (χ2n) is 7.67. The van der Waals surface area contributed by atoms with Gasteiger partial charge >= 0.3 is 0 Å². The third-order valence-electron chi connectivity index (χ3n) is 6.92. The van der Waals surface area contributed by atoms with Gasteiger partial charge in [0.25, 0.3) is 0 Å². The third-order valence-corrected chi connectivity index (χ3v) is 6.92. The minimum absolute atomic E-state index is 0.250. The number of para-hydroxylation sites is 1. The summed E-state index contributed by atoms with van der Waals surface area (Å²) in [7, 11) is 0. The molecule has 114 valence electrons. The van der Waals surface area contributed by atoms with E-state index >= 15 is 0 Å². The van der Waals surface area contributed by atoms with Crippen molar-refractivity contribution in [2.24, 2.45) is 11.3 Å². The maximum absolute atomic E-state index is 13.0. The lowest BCUT2D eigenvalue weighted by atomic mass is 9.53. The van der Waals surface area contributed by atoms with E-state index in [0.29, 0.717) is 11.8 Å². The fourth-order valence-corrected chi connectivity index (χ4v) is 5.98. The molecule has 22 heavy (non-hydrogen) atoms. The number of nitrogens with zero attached hydrogens (tertiary/aromatic N) is 1. The van der Waals surface area contributed by atoms with E-state index in [1.54, 1.807) is 0 Å². The maximum atomic E-state index is 13.0. The molecular formula is C20H23NO. The van der Waals surface area contributed by atoms with Crippen molar-refractivity contribution in [1.29, 1.82) is 0 Å². The number of rotatable bonds is 1. The van der Waals surface area contributed by atoms with Crippen molar-refractivity contribution in [1.82, 2.24) is 4.57 Å². The Hall–Kier alpha value is -1.57. The molecule has 3 atom stereocenters. The van der Waals surface area contributed by atoms with Gasteiger partial charge in [-0.3, -0.25) is 9.36 Å². The molecule has 2 heteroatoms. The Balaban J connectivity index is 1.88. The molecule has 1 fully saturated rings. The SMILES string of the molecule is CC[C@@]12CCC[C@H]3CCc4c(n(c5ccccc45)C(=O)C1)[C@H]32. The fraction of sp³-hybridized carbons (Fsp3) is 0.550. The summed E-state index contributed by atoms with van der Waals surface area (Å²) in [6.45, 7) is 2.31. The summed E-state index contributed by atoms with van der Waals surface area (Å²) in [4.78, 5) is 13.0. The molecule has 1 aromatic heterocycles. The Kier molecular flexibility index (Phi) is 2.49. The van der Waals surface area contributed by atoms with Crippen LogP contribution >= 0.6 is 0 Å². The second-order valence-corrected chi connectivity index (χ2v) is 7.67. The van der Waals surface area contributed by atoms with Crippen LogP contribution in [-0.2, 0) is 6.42 Å². The summed E-state index contributed by atoms with van der Waals surface area (Å²) in [5.41, 5.74) is 4.31. The van der Waals surface area contributed by atoms with E-state index < -0.39 is 0 Å². The Morgan fingerprint density at radius 1 is 1.27 bits per heavy atom. The Labute approximate surface area is 131 Å². The molecule has 0 bridgehead atoms. The first-order valence-electron chi connectivity index (χ1n) is 8.90. The zero-order valence-corrected chi connectivity index (χ0v) is 13.3. The summed E-state index contributed by atoms with van der Waals surface area (Å²) in [6, 6.07) is 8.56. The van der Waals surface area contributed by atoms with Gasteiger partial charge in [0.2, 0.25) is 5.91 Å². The number of benzene rings is 1. The highest BCUT2D eigenvalue weighted by Crippen LogP contribution is 2.61. The van der Waals surface area contributed by atoms with Crippen LogP contribution in [0.25, 0.3) is 10.9 Å². The number of aromatic nitrogens is 1. The highest BCUT2D eigenvalue weighted by Gasteiger charge is 2.53. The van der Waals surface area contributed by atoms with Gasteiger partial charge in [-0.2, -0.15) is 0 Å². The van der Waals surface area contributed by atoms with Gasteiger partial charge in [0.1, 0.15) is 0 Å². The van der Waals surface area contributed by atoms with Gasteiger partial charge in [-0.05, 0) is 55.1 Å². The van der Waals surface area contributed by atoms with Crippen LogP contribution in [0.2, 0.25) is 0 Å². The van der Waals surface area contributed by atoms with Gasteiger partial charge in [-0.25, -0.2) is 0 Å². The lowest BCUT2D eigenvalue weighted by Crippen LogP contribution is -2.46. The molecule has 0 unspecified atom stereocenters. The van der Waals surface area contributed by atoms with Crippen molar-refractivity contribution >= 4 is 16.8 Å². The predicted octanol–water partition coefficient (Wildman–Crippen LogP) is 4.91. The Morgan fingerprint density at radius 3 is 3.00 bits per heavy atom. The molecule has 1 aliphatic heterocycles. The summed E-state index contributed by atoms with van der Waals surface area (Å²) in [5, 5.41) is 1.33. The van der Waals surface area contributed by atoms with Crippen LogP contribution in [0.15, 0.2) is 24.3 Å². The molecule has 5 rings (SSSR count). The minimum Gasteiger partial charge on any atom is -0.284 e. The van der Waals surface area contributed by atoms with Crippen LogP contribution in [0.1, 0.15) is 67.4 Å². The van der Waals surface area contributed by atoms with Gasteiger partial charge < -0.3 is 0 Å². The van der Waals surface area contributed by atoms with Crippen LogP contribution in [0.4, 0.5) is 0 Å². The van der Waals surface area contributed by atoms with Crippen molar-refractivity contribution in [3.05, 3.63) is 35.5 Å². The number of fused-ring (bicyclic) bond motifs is 3. The van der Waals surface area contributed by atoms with Crippen molar-refractivity contribution in [2.45, 2.75) is 57.8 Å². The molecule has 2 aliphatic carbocycles. The van der Waals surface area contributed by atoms with Crippen molar-refractivity contribution in [2.75, 3.05) is 0 Å². The smallest absolute Gasteiger partial charge is 0.231 e. The highest BCUT2D eigenvalue weighted by atomic mass is 16.2. The average molecular weight is 293 g/mol. The molecule has 3 aliphatic rings. The molecule has 2 heterocycles.